The molecular weight excluding hydrogens is 372 g/mol. The van der Waals surface area contributed by atoms with Gasteiger partial charge in [0.15, 0.2) is 0 Å². The highest BCUT2D eigenvalue weighted by molar-refractivity contribution is 9.11. The lowest BCUT2D eigenvalue weighted by Gasteiger charge is -2.23. The van der Waals surface area contributed by atoms with Crippen molar-refractivity contribution in [3.8, 4) is 0 Å². The van der Waals surface area contributed by atoms with E-state index in [2.05, 4.69) is 42.5 Å². The summed E-state index contributed by atoms with van der Waals surface area (Å²) >= 11 is 6.91. The zero-order valence-corrected chi connectivity index (χ0v) is 14.1. The molecule has 104 valence electrons. The van der Waals surface area contributed by atoms with Crippen molar-refractivity contribution in [2.45, 2.75) is 45.1 Å². The first-order valence-corrected chi connectivity index (χ1v) is 8.18. The van der Waals surface area contributed by atoms with Crippen molar-refractivity contribution < 1.29 is 4.79 Å². The van der Waals surface area contributed by atoms with Gasteiger partial charge in [0, 0.05) is 15.0 Å². The van der Waals surface area contributed by atoms with Crippen LogP contribution in [0.3, 0.4) is 0 Å². The summed E-state index contributed by atoms with van der Waals surface area (Å²) in [7, 11) is 0. The van der Waals surface area contributed by atoms with Gasteiger partial charge in [-0.15, -0.1) is 0 Å². The second-order valence-electron chi connectivity index (χ2n) is 5.01. The standard InChI is InChI=1S/C14H18Br2N2O/c1-9-7-10(15)8-12(16)13(9)18-14(19)17-11-5-3-2-4-6-11/h7-8,11H,2-6H2,1H3,(H2,17,18,19). The molecule has 2 rings (SSSR count). The van der Waals surface area contributed by atoms with Gasteiger partial charge in [-0.2, -0.15) is 0 Å². The summed E-state index contributed by atoms with van der Waals surface area (Å²) in [5.74, 6) is 0. The number of urea groups is 1. The Morgan fingerprint density at radius 3 is 2.53 bits per heavy atom. The molecule has 2 N–H and O–H groups in total. The van der Waals surface area contributed by atoms with Gasteiger partial charge in [0.05, 0.1) is 5.69 Å². The Morgan fingerprint density at radius 2 is 1.89 bits per heavy atom. The third-order valence-electron chi connectivity index (χ3n) is 3.43. The SMILES string of the molecule is Cc1cc(Br)cc(Br)c1NC(=O)NC1CCCCC1. The Hall–Kier alpha value is -0.550. The Balaban J connectivity index is 1.98. The maximum absolute atomic E-state index is 12.0. The molecule has 19 heavy (non-hydrogen) atoms. The summed E-state index contributed by atoms with van der Waals surface area (Å²) in [6, 6.07) is 4.13. The van der Waals surface area contributed by atoms with Crippen molar-refractivity contribution in [2.75, 3.05) is 5.32 Å². The molecule has 1 aliphatic carbocycles. The van der Waals surface area contributed by atoms with Crippen LogP contribution < -0.4 is 10.6 Å². The predicted octanol–water partition coefficient (Wildman–Crippen LogP) is 4.97. The van der Waals surface area contributed by atoms with E-state index in [1.807, 2.05) is 19.1 Å². The van der Waals surface area contributed by atoms with E-state index in [4.69, 9.17) is 0 Å². The van der Waals surface area contributed by atoms with Crippen LogP contribution in [0.2, 0.25) is 0 Å². The summed E-state index contributed by atoms with van der Waals surface area (Å²) in [5, 5.41) is 5.99. The van der Waals surface area contributed by atoms with Gasteiger partial charge in [0.1, 0.15) is 0 Å². The fourth-order valence-corrected chi connectivity index (χ4v) is 3.98. The maximum Gasteiger partial charge on any atom is 0.319 e. The number of amides is 2. The fraction of sp³-hybridized carbons (Fsp3) is 0.500. The van der Waals surface area contributed by atoms with Crippen molar-refractivity contribution in [1.82, 2.24) is 5.32 Å². The van der Waals surface area contributed by atoms with Crippen LogP contribution in [0.25, 0.3) is 0 Å². The molecule has 0 bridgehead atoms. The number of benzene rings is 1. The zero-order chi connectivity index (χ0) is 13.8. The van der Waals surface area contributed by atoms with Gasteiger partial charge in [-0.25, -0.2) is 4.79 Å². The molecule has 0 atom stereocenters. The monoisotopic (exact) mass is 388 g/mol. The molecule has 0 unspecified atom stereocenters. The lowest BCUT2D eigenvalue weighted by Crippen LogP contribution is -2.39. The lowest BCUT2D eigenvalue weighted by molar-refractivity contribution is 0.244. The topological polar surface area (TPSA) is 41.1 Å². The van der Waals surface area contributed by atoms with E-state index in [1.54, 1.807) is 0 Å². The molecule has 1 saturated carbocycles. The summed E-state index contributed by atoms with van der Waals surface area (Å²) in [4.78, 5) is 12.0. The number of hydrogen-bond donors (Lipinski definition) is 2. The fourth-order valence-electron chi connectivity index (χ4n) is 2.44. The van der Waals surface area contributed by atoms with E-state index in [1.165, 1.54) is 19.3 Å². The number of halogens is 2. The number of nitrogens with one attached hydrogen (secondary N) is 2. The Bertz CT molecular complexity index is 448. The minimum Gasteiger partial charge on any atom is -0.335 e. The first-order chi connectivity index (χ1) is 9.06. The van der Waals surface area contributed by atoms with E-state index in [9.17, 15) is 4.79 Å². The van der Waals surface area contributed by atoms with Gasteiger partial charge in [-0.3, -0.25) is 0 Å². The Labute approximate surface area is 130 Å². The number of carbonyl (C=O) groups excluding carboxylic acids is 1. The van der Waals surface area contributed by atoms with Crippen LogP contribution in [0.1, 0.15) is 37.7 Å². The molecule has 0 saturated heterocycles. The smallest absolute Gasteiger partial charge is 0.319 e. The Kier molecular flexibility index (Phi) is 5.28. The number of anilines is 1. The minimum absolute atomic E-state index is 0.113. The highest BCUT2D eigenvalue weighted by Crippen LogP contribution is 2.30. The van der Waals surface area contributed by atoms with Gasteiger partial charge in [0.25, 0.3) is 0 Å². The predicted molar refractivity (Wildman–Crippen MR) is 85.6 cm³/mol. The van der Waals surface area contributed by atoms with Crippen LogP contribution >= 0.6 is 31.9 Å². The summed E-state index contributed by atoms with van der Waals surface area (Å²) in [6.07, 6.45) is 5.90. The molecule has 0 aliphatic heterocycles. The highest BCUT2D eigenvalue weighted by Gasteiger charge is 2.16. The average molecular weight is 390 g/mol. The molecule has 0 radical (unpaired) electrons. The van der Waals surface area contributed by atoms with Crippen molar-refractivity contribution in [3.63, 3.8) is 0 Å². The van der Waals surface area contributed by atoms with Crippen LogP contribution in [0, 0.1) is 6.92 Å². The van der Waals surface area contributed by atoms with Crippen LogP contribution in [-0.2, 0) is 0 Å². The van der Waals surface area contributed by atoms with Gasteiger partial charge < -0.3 is 10.6 Å². The second kappa shape index (κ2) is 6.75. The lowest BCUT2D eigenvalue weighted by atomic mass is 9.96. The molecule has 5 heteroatoms. The van der Waals surface area contributed by atoms with Crippen LogP contribution in [-0.4, -0.2) is 12.1 Å². The van der Waals surface area contributed by atoms with Crippen molar-refractivity contribution in [1.29, 1.82) is 0 Å². The van der Waals surface area contributed by atoms with E-state index in [0.29, 0.717) is 6.04 Å². The molecule has 1 aliphatic rings. The largest absolute Gasteiger partial charge is 0.335 e. The van der Waals surface area contributed by atoms with E-state index in [0.717, 1.165) is 33.0 Å². The first-order valence-electron chi connectivity index (χ1n) is 6.59. The molecule has 0 spiro atoms. The van der Waals surface area contributed by atoms with E-state index >= 15 is 0 Å². The van der Waals surface area contributed by atoms with Gasteiger partial charge in [-0.1, -0.05) is 35.2 Å². The molecule has 1 fully saturated rings. The molecule has 0 heterocycles. The van der Waals surface area contributed by atoms with Crippen molar-refractivity contribution in [3.05, 3.63) is 26.6 Å². The summed E-state index contributed by atoms with van der Waals surface area (Å²) in [5.41, 5.74) is 1.86. The molecule has 1 aromatic carbocycles. The van der Waals surface area contributed by atoms with Gasteiger partial charge in [-0.05, 0) is 53.4 Å². The molecule has 1 aromatic rings. The van der Waals surface area contributed by atoms with Crippen LogP contribution in [0.4, 0.5) is 10.5 Å². The molecule has 0 aromatic heterocycles. The molecule has 2 amide bonds. The third-order valence-corrected chi connectivity index (χ3v) is 4.51. The summed E-state index contributed by atoms with van der Waals surface area (Å²) < 4.78 is 1.88. The van der Waals surface area contributed by atoms with Crippen LogP contribution in [0.5, 0.6) is 0 Å². The van der Waals surface area contributed by atoms with Crippen molar-refractivity contribution in [2.24, 2.45) is 0 Å². The second-order valence-corrected chi connectivity index (χ2v) is 6.78. The Morgan fingerprint density at radius 1 is 1.21 bits per heavy atom. The van der Waals surface area contributed by atoms with Crippen LogP contribution in [0.15, 0.2) is 21.1 Å². The zero-order valence-electron chi connectivity index (χ0n) is 10.9. The minimum atomic E-state index is -0.113. The number of hydrogen-bond acceptors (Lipinski definition) is 1. The maximum atomic E-state index is 12.0. The van der Waals surface area contributed by atoms with E-state index < -0.39 is 0 Å². The first kappa shape index (κ1) is 14.9. The number of carbonyl (C=O) groups is 1. The van der Waals surface area contributed by atoms with Gasteiger partial charge in [0.2, 0.25) is 0 Å². The normalized spacial score (nSPS) is 16.2. The quantitative estimate of drug-likeness (QED) is 0.736. The average Bonchev–Trinajstić information content (AvgIpc) is 2.35. The summed E-state index contributed by atoms with van der Waals surface area (Å²) in [6.45, 7) is 1.98. The molecule has 3 nitrogen and oxygen atoms in total. The third kappa shape index (κ3) is 4.21. The highest BCUT2D eigenvalue weighted by atomic mass is 79.9. The number of rotatable bonds is 2. The molecular formula is C14H18Br2N2O. The number of aryl methyl sites for hydroxylation is 1. The van der Waals surface area contributed by atoms with Crippen molar-refractivity contribution >= 4 is 43.6 Å². The van der Waals surface area contributed by atoms with E-state index in [-0.39, 0.29) is 6.03 Å². The van der Waals surface area contributed by atoms with Gasteiger partial charge >= 0.3 is 6.03 Å².